The molecule has 0 saturated heterocycles. The van der Waals surface area contributed by atoms with Gasteiger partial charge in [0, 0.05) is 0 Å². The third-order valence-electron chi connectivity index (χ3n) is 7.76. The monoisotopic (exact) mass is 410 g/mol. The van der Waals surface area contributed by atoms with Gasteiger partial charge in [-0.1, -0.05) is 56.2 Å². The quantitative estimate of drug-likeness (QED) is 0.446. The highest BCUT2D eigenvalue weighted by atomic mass is 19.1. The number of hydrogen-bond donors (Lipinski definition) is 0. The van der Waals surface area contributed by atoms with Crippen molar-refractivity contribution in [3.05, 3.63) is 59.4 Å². The zero-order chi connectivity index (χ0) is 20.9. The second-order valence-electron chi connectivity index (χ2n) is 9.74. The lowest BCUT2D eigenvalue weighted by molar-refractivity contribution is 0.263. The maximum atomic E-state index is 15.0. The summed E-state index contributed by atoms with van der Waals surface area (Å²) in [6, 6.07) is 14.5. The number of hydrogen-bond acceptors (Lipinski definition) is 0. The predicted molar refractivity (Wildman–Crippen MR) is 122 cm³/mol. The third-order valence-corrected chi connectivity index (χ3v) is 7.76. The van der Waals surface area contributed by atoms with Crippen molar-refractivity contribution in [2.45, 2.75) is 83.0 Å². The minimum Gasteiger partial charge on any atom is -0.251 e. The second kappa shape index (κ2) is 10.1. The highest BCUT2D eigenvalue weighted by Crippen LogP contribution is 2.40. The van der Waals surface area contributed by atoms with Crippen molar-refractivity contribution in [1.82, 2.24) is 0 Å². The van der Waals surface area contributed by atoms with Crippen LogP contribution in [0.5, 0.6) is 0 Å². The molecule has 0 aromatic heterocycles. The summed E-state index contributed by atoms with van der Waals surface area (Å²) in [5.74, 6) is 2.00. The Balaban J connectivity index is 1.41. The zero-order valence-corrected chi connectivity index (χ0v) is 18.4. The fourth-order valence-electron chi connectivity index (χ4n) is 5.81. The highest BCUT2D eigenvalue weighted by molar-refractivity contribution is 5.64. The first-order chi connectivity index (χ1) is 14.7. The van der Waals surface area contributed by atoms with Crippen molar-refractivity contribution >= 4 is 0 Å². The fraction of sp³-hybridized carbons (Fsp3) is 0.571. The van der Waals surface area contributed by atoms with Crippen LogP contribution in [0, 0.1) is 17.7 Å². The molecule has 0 bridgehead atoms. The van der Waals surface area contributed by atoms with Crippen LogP contribution in [-0.2, 0) is 0 Å². The molecule has 2 heteroatoms. The first kappa shape index (κ1) is 21.5. The summed E-state index contributed by atoms with van der Waals surface area (Å²) in [4.78, 5) is 0. The first-order valence-electron chi connectivity index (χ1n) is 12.1. The Morgan fingerprint density at radius 1 is 0.733 bits per heavy atom. The molecule has 162 valence electrons. The van der Waals surface area contributed by atoms with Gasteiger partial charge < -0.3 is 0 Å². The lowest BCUT2D eigenvalue weighted by Gasteiger charge is -2.29. The summed E-state index contributed by atoms with van der Waals surface area (Å²) < 4.78 is 27.8. The average molecular weight is 411 g/mol. The molecule has 0 radical (unpaired) electrons. The van der Waals surface area contributed by atoms with Gasteiger partial charge in [0.2, 0.25) is 0 Å². The molecule has 2 fully saturated rings. The van der Waals surface area contributed by atoms with Crippen LogP contribution >= 0.6 is 0 Å². The fourth-order valence-corrected chi connectivity index (χ4v) is 5.81. The minimum absolute atomic E-state index is 0.0416. The van der Waals surface area contributed by atoms with Gasteiger partial charge in [0.1, 0.15) is 5.82 Å². The second-order valence-corrected chi connectivity index (χ2v) is 9.74. The van der Waals surface area contributed by atoms with E-state index in [0.29, 0.717) is 11.8 Å². The van der Waals surface area contributed by atoms with Crippen molar-refractivity contribution < 1.29 is 8.78 Å². The van der Waals surface area contributed by atoms with E-state index in [0.717, 1.165) is 61.1 Å². The topological polar surface area (TPSA) is 0 Å². The molecule has 0 nitrogen and oxygen atoms in total. The Kier molecular flexibility index (Phi) is 7.23. The van der Waals surface area contributed by atoms with E-state index < -0.39 is 0 Å². The summed E-state index contributed by atoms with van der Waals surface area (Å²) in [6.07, 6.45) is 11.5. The van der Waals surface area contributed by atoms with Gasteiger partial charge >= 0.3 is 0 Å². The van der Waals surface area contributed by atoms with Crippen LogP contribution in [0.4, 0.5) is 8.78 Å². The smallest absolute Gasteiger partial charge is 0.127 e. The molecule has 0 atom stereocenters. The van der Waals surface area contributed by atoms with Gasteiger partial charge in [-0.3, -0.25) is 4.39 Å². The van der Waals surface area contributed by atoms with Crippen molar-refractivity contribution in [3.8, 4) is 11.1 Å². The van der Waals surface area contributed by atoms with E-state index in [2.05, 4.69) is 37.3 Å². The summed E-state index contributed by atoms with van der Waals surface area (Å²) >= 11 is 0. The average Bonchev–Trinajstić information content (AvgIpc) is 2.80. The lowest BCUT2D eigenvalue weighted by atomic mass is 9.77. The molecule has 0 aliphatic heterocycles. The van der Waals surface area contributed by atoms with Crippen molar-refractivity contribution in [2.24, 2.45) is 11.8 Å². The van der Waals surface area contributed by atoms with Crippen molar-refractivity contribution in [3.63, 3.8) is 0 Å². The molecule has 0 heterocycles. The summed E-state index contributed by atoms with van der Waals surface area (Å²) in [6.45, 7) is 2.08. The minimum atomic E-state index is -0.173. The normalized spacial score (nSPS) is 27.2. The standard InChI is InChI=1S/C28H36F2/c1-2-3-20-4-10-25(11-5-20)27-17-16-26(18-28(27)30)24-14-12-23(13-15-24)22-8-6-21(19-29)7-9-22/h12-18,20-22,25H,2-11,19H2,1H3/t20-,21-,22-,25-. The molecule has 30 heavy (non-hydrogen) atoms. The lowest BCUT2D eigenvalue weighted by Crippen LogP contribution is -2.14. The molecule has 2 aliphatic carbocycles. The molecule has 0 unspecified atom stereocenters. The van der Waals surface area contributed by atoms with E-state index in [1.54, 1.807) is 6.07 Å². The van der Waals surface area contributed by atoms with E-state index in [-0.39, 0.29) is 18.4 Å². The molecule has 0 spiro atoms. The Morgan fingerprint density at radius 2 is 1.33 bits per heavy atom. The summed E-state index contributed by atoms with van der Waals surface area (Å²) in [7, 11) is 0. The van der Waals surface area contributed by atoms with E-state index in [1.807, 2.05) is 6.07 Å². The van der Waals surface area contributed by atoms with E-state index in [1.165, 1.54) is 31.2 Å². The molecule has 4 rings (SSSR count). The van der Waals surface area contributed by atoms with Gasteiger partial charge in [-0.15, -0.1) is 0 Å². The Bertz CT molecular complexity index is 794. The van der Waals surface area contributed by atoms with E-state index >= 15 is 0 Å². The largest absolute Gasteiger partial charge is 0.251 e. The van der Waals surface area contributed by atoms with Gasteiger partial charge in [0.05, 0.1) is 6.67 Å². The zero-order valence-electron chi connectivity index (χ0n) is 18.4. The van der Waals surface area contributed by atoms with Crippen LogP contribution in [0.3, 0.4) is 0 Å². The number of benzene rings is 2. The molecular formula is C28H36F2. The number of alkyl halides is 1. The van der Waals surface area contributed by atoms with Gasteiger partial charge in [0.25, 0.3) is 0 Å². The van der Waals surface area contributed by atoms with Gasteiger partial charge in [-0.2, -0.15) is 0 Å². The molecule has 0 N–H and O–H groups in total. The van der Waals surface area contributed by atoms with Gasteiger partial charge in [-0.05, 0) is 103 Å². The summed E-state index contributed by atoms with van der Waals surface area (Å²) in [5.41, 5.74) is 4.30. The molecule has 2 aliphatic rings. The van der Waals surface area contributed by atoms with Crippen LogP contribution < -0.4 is 0 Å². The van der Waals surface area contributed by atoms with Gasteiger partial charge in [-0.25, -0.2) is 4.39 Å². The maximum absolute atomic E-state index is 15.0. The van der Waals surface area contributed by atoms with Crippen LogP contribution in [-0.4, -0.2) is 6.67 Å². The van der Waals surface area contributed by atoms with Crippen LogP contribution in [0.15, 0.2) is 42.5 Å². The van der Waals surface area contributed by atoms with Crippen molar-refractivity contribution in [1.29, 1.82) is 0 Å². The Labute approximate surface area is 181 Å². The summed E-state index contributed by atoms with van der Waals surface area (Å²) in [5, 5.41) is 0. The highest BCUT2D eigenvalue weighted by Gasteiger charge is 2.24. The van der Waals surface area contributed by atoms with Crippen molar-refractivity contribution in [2.75, 3.05) is 6.67 Å². The Hall–Kier alpha value is -1.70. The SMILES string of the molecule is CCC[C@H]1CC[C@H](c2ccc(-c3ccc([C@H]4CC[C@H](CF)CC4)cc3)cc2F)CC1. The van der Waals surface area contributed by atoms with Gasteiger partial charge in [0.15, 0.2) is 0 Å². The van der Waals surface area contributed by atoms with Crippen LogP contribution in [0.1, 0.15) is 94.1 Å². The Morgan fingerprint density at radius 3 is 1.93 bits per heavy atom. The number of halogens is 2. The van der Waals surface area contributed by atoms with Crippen LogP contribution in [0.2, 0.25) is 0 Å². The molecule has 2 saturated carbocycles. The van der Waals surface area contributed by atoms with Crippen LogP contribution in [0.25, 0.3) is 11.1 Å². The molecule has 2 aromatic carbocycles. The van der Waals surface area contributed by atoms with E-state index in [9.17, 15) is 8.78 Å². The number of rotatable bonds is 6. The molecule has 0 amide bonds. The molecular weight excluding hydrogens is 374 g/mol. The predicted octanol–water partition coefficient (Wildman–Crippen LogP) is 8.81. The first-order valence-corrected chi connectivity index (χ1v) is 12.1. The molecule has 2 aromatic rings. The third kappa shape index (κ3) is 4.95. The maximum Gasteiger partial charge on any atom is 0.127 e. The van der Waals surface area contributed by atoms with E-state index in [4.69, 9.17) is 0 Å².